The molecule has 0 saturated carbocycles. The van der Waals surface area contributed by atoms with Gasteiger partial charge in [0.1, 0.15) is 5.82 Å². The Morgan fingerprint density at radius 1 is 1.00 bits per heavy atom. The van der Waals surface area contributed by atoms with Crippen LogP contribution in [0, 0.1) is 5.82 Å². The monoisotopic (exact) mass is 255 g/mol. The lowest BCUT2D eigenvalue weighted by Crippen LogP contribution is -2.13. The molecule has 2 heteroatoms. The largest absolute Gasteiger partial charge is 0.385 e. The van der Waals surface area contributed by atoms with Gasteiger partial charge in [0.2, 0.25) is 0 Å². The zero-order chi connectivity index (χ0) is 13.1. The van der Waals surface area contributed by atoms with Gasteiger partial charge in [-0.15, -0.1) is 0 Å². The van der Waals surface area contributed by atoms with Gasteiger partial charge in [-0.1, -0.05) is 30.3 Å². The number of para-hydroxylation sites is 1. The number of hydrogen-bond acceptors (Lipinski definition) is 1. The summed E-state index contributed by atoms with van der Waals surface area (Å²) in [5, 5.41) is 3.52. The van der Waals surface area contributed by atoms with Gasteiger partial charge in [-0.25, -0.2) is 4.39 Å². The Morgan fingerprint density at radius 3 is 2.68 bits per heavy atom. The number of anilines is 1. The summed E-state index contributed by atoms with van der Waals surface area (Å²) >= 11 is 0. The van der Waals surface area contributed by atoms with Gasteiger partial charge < -0.3 is 5.32 Å². The lowest BCUT2D eigenvalue weighted by molar-refractivity contribution is 0.627. The second kappa shape index (κ2) is 5.43. The first kappa shape index (κ1) is 12.2. The first-order chi connectivity index (χ1) is 9.33. The summed E-state index contributed by atoms with van der Waals surface area (Å²) in [6, 6.07) is 13.4. The molecule has 2 aromatic rings. The van der Waals surface area contributed by atoms with E-state index in [0.717, 1.165) is 19.4 Å². The summed E-state index contributed by atoms with van der Waals surface area (Å²) in [6.07, 6.45) is 4.35. The molecular weight excluding hydrogens is 237 g/mol. The standard InChI is InChI=1S/C17H18FN/c18-16-10-7-13(8-11-16)6-9-15-4-1-3-14-5-2-12-19-17(14)15/h1,3-4,7-8,10-11,19H,2,5-6,9,12H2. The maximum Gasteiger partial charge on any atom is 0.123 e. The molecule has 98 valence electrons. The molecule has 0 unspecified atom stereocenters. The van der Waals surface area contributed by atoms with Crippen molar-refractivity contribution in [3.63, 3.8) is 0 Å². The van der Waals surface area contributed by atoms with Gasteiger partial charge in [-0.3, -0.25) is 0 Å². The van der Waals surface area contributed by atoms with Crippen molar-refractivity contribution in [1.82, 2.24) is 0 Å². The molecule has 1 N–H and O–H groups in total. The summed E-state index contributed by atoms with van der Waals surface area (Å²) in [6.45, 7) is 1.07. The quantitative estimate of drug-likeness (QED) is 0.875. The van der Waals surface area contributed by atoms with Crippen LogP contribution in [0.3, 0.4) is 0 Å². The first-order valence-corrected chi connectivity index (χ1v) is 6.92. The molecule has 0 radical (unpaired) electrons. The SMILES string of the molecule is Fc1ccc(CCc2cccc3c2NCCC3)cc1. The van der Waals surface area contributed by atoms with Crippen molar-refractivity contribution < 1.29 is 4.39 Å². The fourth-order valence-electron chi connectivity index (χ4n) is 2.72. The van der Waals surface area contributed by atoms with E-state index >= 15 is 0 Å². The van der Waals surface area contributed by atoms with Gasteiger partial charge in [0, 0.05) is 12.2 Å². The number of fused-ring (bicyclic) bond motifs is 1. The molecule has 0 atom stereocenters. The number of benzene rings is 2. The molecule has 0 fully saturated rings. The minimum absolute atomic E-state index is 0.164. The number of halogens is 1. The van der Waals surface area contributed by atoms with Crippen molar-refractivity contribution in [3.05, 3.63) is 65.0 Å². The van der Waals surface area contributed by atoms with Crippen LogP contribution in [0.1, 0.15) is 23.1 Å². The molecule has 1 aliphatic rings. The fraction of sp³-hybridized carbons (Fsp3) is 0.294. The highest BCUT2D eigenvalue weighted by atomic mass is 19.1. The highest BCUT2D eigenvalue weighted by Crippen LogP contribution is 2.27. The van der Waals surface area contributed by atoms with Gasteiger partial charge in [-0.05, 0) is 54.5 Å². The van der Waals surface area contributed by atoms with Crippen molar-refractivity contribution >= 4 is 5.69 Å². The molecule has 3 rings (SSSR count). The van der Waals surface area contributed by atoms with Gasteiger partial charge in [0.05, 0.1) is 0 Å². The van der Waals surface area contributed by atoms with Crippen LogP contribution in [0.4, 0.5) is 10.1 Å². The van der Waals surface area contributed by atoms with Crippen LogP contribution in [-0.4, -0.2) is 6.54 Å². The molecule has 0 amide bonds. The molecule has 0 saturated heterocycles. The highest BCUT2D eigenvalue weighted by molar-refractivity contribution is 5.59. The van der Waals surface area contributed by atoms with Crippen molar-refractivity contribution in [3.8, 4) is 0 Å². The Labute approximate surface area is 113 Å². The van der Waals surface area contributed by atoms with E-state index in [1.54, 1.807) is 0 Å². The summed E-state index contributed by atoms with van der Waals surface area (Å²) in [5.74, 6) is -0.164. The van der Waals surface area contributed by atoms with Crippen LogP contribution < -0.4 is 5.32 Å². The predicted molar refractivity (Wildman–Crippen MR) is 77.1 cm³/mol. The van der Waals surface area contributed by atoms with Crippen molar-refractivity contribution in [2.75, 3.05) is 11.9 Å². The molecule has 1 nitrogen and oxygen atoms in total. The maximum atomic E-state index is 12.9. The zero-order valence-corrected chi connectivity index (χ0v) is 11.0. The summed E-state index contributed by atoms with van der Waals surface area (Å²) < 4.78 is 12.9. The summed E-state index contributed by atoms with van der Waals surface area (Å²) in [7, 11) is 0. The molecule has 0 aliphatic carbocycles. The number of hydrogen-bond donors (Lipinski definition) is 1. The molecule has 1 heterocycles. The van der Waals surface area contributed by atoms with E-state index in [0.29, 0.717) is 0 Å². The third-order valence-electron chi connectivity index (χ3n) is 3.76. The van der Waals surface area contributed by atoms with E-state index in [2.05, 4.69) is 23.5 Å². The lowest BCUT2D eigenvalue weighted by Gasteiger charge is -2.21. The van der Waals surface area contributed by atoms with Crippen molar-refractivity contribution in [2.45, 2.75) is 25.7 Å². The van der Waals surface area contributed by atoms with Crippen LogP contribution in [0.5, 0.6) is 0 Å². The molecular formula is C17H18FN. The zero-order valence-electron chi connectivity index (χ0n) is 11.0. The van der Waals surface area contributed by atoms with E-state index in [-0.39, 0.29) is 5.82 Å². The van der Waals surface area contributed by atoms with Crippen LogP contribution >= 0.6 is 0 Å². The maximum absolute atomic E-state index is 12.9. The number of nitrogens with one attached hydrogen (secondary N) is 1. The Balaban J connectivity index is 1.75. The van der Waals surface area contributed by atoms with E-state index in [4.69, 9.17) is 0 Å². The van der Waals surface area contributed by atoms with Crippen molar-refractivity contribution in [1.29, 1.82) is 0 Å². The van der Waals surface area contributed by atoms with Gasteiger partial charge in [-0.2, -0.15) is 0 Å². The molecule has 1 aliphatic heterocycles. The average Bonchev–Trinajstić information content (AvgIpc) is 2.47. The van der Waals surface area contributed by atoms with E-state index in [1.165, 1.54) is 47.4 Å². The highest BCUT2D eigenvalue weighted by Gasteiger charge is 2.11. The summed E-state index contributed by atoms with van der Waals surface area (Å²) in [4.78, 5) is 0. The minimum atomic E-state index is -0.164. The smallest absolute Gasteiger partial charge is 0.123 e. The first-order valence-electron chi connectivity index (χ1n) is 6.92. The lowest BCUT2D eigenvalue weighted by atomic mass is 9.96. The number of aryl methyl sites for hydroxylation is 3. The topological polar surface area (TPSA) is 12.0 Å². The molecule has 19 heavy (non-hydrogen) atoms. The average molecular weight is 255 g/mol. The molecule has 2 aromatic carbocycles. The molecule has 0 aromatic heterocycles. The summed E-state index contributed by atoms with van der Waals surface area (Å²) in [5.41, 5.74) is 5.33. The van der Waals surface area contributed by atoms with Gasteiger partial charge >= 0.3 is 0 Å². The normalized spacial score (nSPS) is 13.7. The second-order valence-corrected chi connectivity index (χ2v) is 5.11. The third kappa shape index (κ3) is 2.78. The third-order valence-corrected chi connectivity index (χ3v) is 3.76. The Morgan fingerprint density at radius 2 is 1.84 bits per heavy atom. The van der Waals surface area contributed by atoms with Crippen molar-refractivity contribution in [2.24, 2.45) is 0 Å². The van der Waals surface area contributed by atoms with Gasteiger partial charge in [0.15, 0.2) is 0 Å². The minimum Gasteiger partial charge on any atom is -0.385 e. The predicted octanol–water partition coefficient (Wildman–Crippen LogP) is 3.97. The second-order valence-electron chi connectivity index (χ2n) is 5.11. The van der Waals surface area contributed by atoms with Crippen LogP contribution in [-0.2, 0) is 19.3 Å². The van der Waals surface area contributed by atoms with E-state index < -0.39 is 0 Å². The Hall–Kier alpha value is -1.83. The Bertz CT molecular complexity index is 560. The van der Waals surface area contributed by atoms with Crippen LogP contribution in [0.25, 0.3) is 0 Å². The van der Waals surface area contributed by atoms with Crippen LogP contribution in [0.2, 0.25) is 0 Å². The Kier molecular flexibility index (Phi) is 3.49. The van der Waals surface area contributed by atoms with E-state index in [1.807, 2.05) is 12.1 Å². The molecule has 0 spiro atoms. The number of rotatable bonds is 3. The van der Waals surface area contributed by atoms with E-state index in [9.17, 15) is 4.39 Å². The molecule has 0 bridgehead atoms. The fourth-order valence-corrected chi connectivity index (χ4v) is 2.72. The van der Waals surface area contributed by atoms with Gasteiger partial charge in [0.25, 0.3) is 0 Å². The van der Waals surface area contributed by atoms with Crippen LogP contribution in [0.15, 0.2) is 42.5 Å².